The molecule has 0 bridgehead atoms. The van der Waals surface area contributed by atoms with E-state index in [0.717, 1.165) is 23.4 Å². The zero-order valence-corrected chi connectivity index (χ0v) is 32.3. The summed E-state index contributed by atoms with van der Waals surface area (Å²) in [6, 6.07) is 61.2. The highest BCUT2D eigenvalue weighted by atomic mass is 32.1. The second kappa shape index (κ2) is 12.7. The lowest BCUT2D eigenvalue weighted by Gasteiger charge is -2.33. The van der Waals surface area contributed by atoms with Crippen molar-refractivity contribution in [3.05, 3.63) is 169 Å². The van der Waals surface area contributed by atoms with E-state index >= 15 is 0 Å². The van der Waals surface area contributed by atoms with Gasteiger partial charge in [0.05, 0.1) is 11.0 Å². The molecule has 2 aliphatic rings. The molecule has 0 N–H and O–H groups in total. The standard InChI is InChI=1S/C52H44N2S/c1-34-26-37-27-38(37)33-52(2,32-34)39-14-11-17-42(30-39)53(43-24-25-51-47(31-43)46-20-5-8-23-50(46)55-51)40-15-9-12-35(28-40)36-13-10-16-41(29-36)54-48-21-6-3-18-44(48)45-19-4-7-22-49(45)54/h3-25,28-31,34,37-38H,26-27,32-33H2,1-2H3/t34?,37?,38-,52?/m1/s1. The summed E-state index contributed by atoms with van der Waals surface area (Å²) in [5.41, 5.74) is 11.3. The van der Waals surface area contributed by atoms with Gasteiger partial charge in [-0.05, 0) is 138 Å². The number of nitrogens with zero attached hydrogens (tertiary/aromatic N) is 2. The van der Waals surface area contributed by atoms with E-state index in [2.05, 4.69) is 187 Å². The van der Waals surface area contributed by atoms with Gasteiger partial charge in [0.1, 0.15) is 0 Å². The van der Waals surface area contributed by atoms with Crippen LogP contribution < -0.4 is 4.90 Å². The number of rotatable bonds is 6. The maximum absolute atomic E-state index is 2.54. The van der Waals surface area contributed by atoms with Crippen LogP contribution in [0.1, 0.15) is 45.1 Å². The van der Waals surface area contributed by atoms with Crippen molar-refractivity contribution in [2.24, 2.45) is 17.8 Å². The predicted octanol–water partition coefficient (Wildman–Crippen LogP) is 15.0. The van der Waals surface area contributed by atoms with Crippen molar-refractivity contribution in [1.82, 2.24) is 4.57 Å². The number of aromatic nitrogens is 1. The molecule has 4 atom stereocenters. The number of fused-ring (bicyclic) bond motifs is 7. The first-order valence-corrected chi connectivity index (χ1v) is 20.8. The second-order valence-corrected chi connectivity index (χ2v) is 17.8. The summed E-state index contributed by atoms with van der Waals surface area (Å²) in [4.78, 5) is 2.50. The summed E-state index contributed by atoms with van der Waals surface area (Å²) >= 11 is 1.88. The minimum Gasteiger partial charge on any atom is -0.310 e. The molecule has 268 valence electrons. The predicted molar refractivity (Wildman–Crippen MR) is 236 cm³/mol. The third-order valence-electron chi connectivity index (χ3n) is 12.8. The molecule has 0 amide bonds. The van der Waals surface area contributed by atoms with Crippen LogP contribution in [-0.2, 0) is 5.41 Å². The number of thiophene rings is 1. The molecule has 2 nitrogen and oxygen atoms in total. The number of benzene rings is 7. The molecular weight excluding hydrogens is 685 g/mol. The molecule has 0 radical (unpaired) electrons. The molecule has 9 aromatic rings. The van der Waals surface area contributed by atoms with Crippen LogP contribution in [0.3, 0.4) is 0 Å². The van der Waals surface area contributed by atoms with E-state index in [-0.39, 0.29) is 5.41 Å². The van der Waals surface area contributed by atoms with Gasteiger partial charge in [0.15, 0.2) is 0 Å². The summed E-state index contributed by atoms with van der Waals surface area (Å²) in [5, 5.41) is 5.21. The molecule has 2 fully saturated rings. The normalized spacial score (nSPS) is 20.9. The lowest BCUT2D eigenvalue weighted by molar-refractivity contribution is 0.335. The van der Waals surface area contributed by atoms with Gasteiger partial charge in [-0.1, -0.05) is 105 Å². The first-order valence-electron chi connectivity index (χ1n) is 20.0. The summed E-state index contributed by atoms with van der Waals surface area (Å²) in [6.07, 6.45) is 5.38. The number of hydrogen-bond donors (Lipinski definition) is 0. The molecular formula is C52H44N2S. The van der Waals surface area contributed by atoms with Gasteiger partial charge in [0.2, 0.25) is 0 Å². The molecule has 2 aliphatic carbocycles. The first kappa shape index (κ1) is 32.8. The van der Waals surface area contributed by atoms with Crippen molar-refractivity contribution >= 4 is 70.4 Å². The largest absolute Gasteiger partial charge is 0.310 e. The Balaban J connectivity index is 1.05. The van der Waals surface area contributed by atoms with Crippen LogP contribution >= 0.6 is 11.3 Å². The molecule has 2 aromatic heterocycles. The fraction of sp³-hybridized carbons (Fsp3) is 0.192. The van der Waals surface area contributed by atoms with Crippen LogP contribution in [0.2, 0.25) is 0 Å². The lowest BCUT2D eigenvalue weighted by Crippen LogP contribution is -2.25. The van der Waals surface area contributed by atoms with Gasteiger partial charge in [-0.15, -0.1) is 11.3 Å². The Labute approximate surface area is 327 Å². The van der Waals surface area contributed by atoms with Gasteiger partial charge in [-0.25, -0.2) is 0 Å². The van der Waals surface area contributed by atoms with E-state index in [0.29, 0.717) is 0 Å². The second-order valence-electron chi connectivity index (χ2n) is 16.7. The third kappa shape index (κ3) is 5.59. The Kier molecular flexibility index (Phi) is 7.57. The molecule has 0 spiro atoms. The topological polar surface area (TPSA) is 8.17 Å². The van der Waals surface area contributed by atoms with Crippen LogP contribution in [0, 0.1) is 17.8 Å². The van der Waals surface area contributed by atoms with Gasteiger partial charge in [-0.2, -0.15) is 0 Å². The zero-order valence-electron chi connectivity index (χ0n) is 31.5. The zero-order chi connectivity index (χ0) is 36.7. The average Bonchev–Trinajstić information content (AvgIpc) is 3.71. The van der Waals surface area contributed by atoms with Crippen LogP contribution in [0.5, 0.6) is 0 Å². The third-order valence-corrected chi connectivity index (χ3v) is 14.0. The lowest BCUT2D eigenvalue weighted by atomic mass is 9.73. The smallest absolute Gasteiger partial charge is 0.0541 e. The van der Waals surface area contributed by atoms with E-state index < -0.39 is 0 Å². The maximum atomic E-state index is 2.54. The van der Waals surface area contributed by atoms with E-state index in [1.54, 1.807) is 0 Å². The monoisotopic (exact) mass is 728 g/mol. The molecule has 3 heteroatoms. The number of hydrogen-bond acceptors (Lipinski definition) is 2. The van der Waals surface area contributed by atoms with E-state index in [1.165, 1.54) is 101 Å². The van der Waals surface area contributed by atoms with E-state index in [1.807, 2.05) is 11.3 Å². The van der Waals surface area contributed by atoms with Gasteiger partial charge in [0.25, 0.3) is 0 Å². The minimum atomic E-state index is 0.180. The highest BCUT2D eigenvalue weighted by Crippen LogP contribution is 2.56. The van der Waals surface area contributed by atoms with Gasteiger partial charge < -0.3 is 9.47 Å². The number of anilines is 3. The molecule has 3 unspecified atom stereocenters. The Morgan fingerprint density at radius 3 is 1.96 bits per heavy atom. The van der Waals surface area contributed by atoms with Crippen molar-refractivity contribution in [1.29, 1.82) is 0 Å². The number of para-hydroxylation sites is 2. The Morgan fingerprint density at radius 1 is 0.527 bits per heavy atom. The minimum absolute atomic E-state index is 0.180. The summed E-state index contributed by atoms with van der Waals surface area (Å²) < 4.78 is 5.07. The molecule has 11 rings (SSSR count). The molecule has 7 aromatic carbocycles. The SMILES string of the molecule is CC1CC2C[C@@H]2CC(C)(c2cccc(N(c3cccc(-c4cccc(-n5c6ccccc6c6ccccc65)c4)c3)c3ccc4sc5ccccc5c4c3)c2)C1. The molecule has 55 heavy (non-hydrogen) atoms. The Hall–Kier alpha value is -5.64. The fourth-order valence-corrected chi connectivity index (χ4v) is 11.4. The van der Waals surface area contributed by atoms with Crippen LogP contribution in [0.4, 0.5) is 17.1 Å². The molecule has 2 heterocycles. The van der Waals surface area contributed by atoms with Gasteiger partial charge in [-0.3, -0.25) is 0 Å². The maximum Gasteiger partial charge on any atom is 0.0541 e. The highest BCUT2D eigenvalue weighted by Gasteiger charge is 2.46. The van der Waals surface area contributed by atoms with Crippen LogP contribution in [-0.4, -0.2) is 4.57 Å². The van der Waals surface area contributed by atoms with Crippen molar-refractivity contribution in [3.8, 4) is 16.8 Å². The van der Waals surface area contributed by atoms with Crippen molar-refractivity contribution in [2.45, 2.75) is 44.9 Å². The fourth-order valence-electron chi connectivity index (χ4n) is 10.3. The summed E-state index contributed by atoms with van der Waals surface area (Å²) in [6.45, 7) is 5.03. The van der Waals surface area contributed by atoms with Crippen LogP contribution in [0.25, 0.3) is 58.8 Å². The summed E-state index contributed by atoms with van der Waals surface area (Å²) in [7, 11) is 0. The molecule has 0 aliphatic heterocycles. The van der Waals surface area contributed by atoms with E-state index in [9.17, 15) is 0 Å². The Bertz CT molecular complexity index is 2860. The molecule has 2 saturated carbocycles. The summed E-state index contributed by atoms with van der Waals surface area (Å²) in [5.74, 6) is 2.59. The van der Waals surface area contributed by atoms with Gasteiger partial charge in [0, 0.05) is 53.7 Å². The van der Waals surface area contributed by atoms with Crippen molar-refractivity contribution in [2.75, 3.05) is 4.90 Å². The average molecular weight is 729 g/mol. The van der Waals surface area contributed by atoms with E-state index in [4.69, 9.17) is 0 Å². The first-order chi connectivity index (χ1) is 27.0. The molecule has 0 saturated heterocycles. The van der Waals surface area contributed by atoms with Crippen molar-refractivity contribution < 1.29 is 0 Å². The van der Waals surface area contributed by atoms with Crippen LogP contribution in [0.15, 0.2) is 164 Å². The van der Waals surface area contributed by atoms with Gasteiger partial charge >= 0.3 is 0 Å². The quantitative estimate of drug-likeness (QED) is 0.165. The Morgan fingerprint density at radius 2 is 1.16 bits per heavy atom. The van der Waals surface area contributed by atoms with Crippen molar-refractivity contribution in [3.63, 3.8) is 0 Å². The highest BCUT2D eigenvalue weighted by molar-refractivity contribution is 7.25.